The lowest BCUT2D eigenvalue weighted by Gasteiger charge is -2.04. The first-order valence-electron chi connectivity index (χ1n) is 8.65. The van der Waals surface area contributed by atoms with Gasteiger partial charge in [0, 0.05) is 36.1 Å². The highest BCUT2D eigenvalue weighted by Gasteiger charge is 2.13. The van der Waals surface area contributed by atoms with Crippen molar-refractivity contribution < 1.29 is 4.74 Å². The van der Waals surface area contributed by atoms with Gasteiger partial charge in [0.15, 0.2) is 0 Å². The summed E-state index contributed by atoms with van der Waals surface area (Å²) in [4.78, 5) is 12.3. The first kappa shape index (κ1) is 17.0. The Hall–Kier alpha value is -3.39. The number of nitrogens with zero attached hydrogens (tertiary/aromatic N) is 4. The quantitative estimate of drug-likeness (QED) is 0.485. The summed E-state index contributed by atoms with van der Waals surface area (Å²) in [6.07, 6.45) is 5.58. The van der Waals surface area contributed by atoms with E-state index in [9.17, 15) is 0 Å². The number of H-pyrrole nitrogens is 1. The van der Waals surface area contributed by atoms with E-state index in [4.69, 9.17) is 10.5 Å². The molecule has 0 saturated heterocycles. The van der Waals surface area contributed by atoms with Gasteiger partial charge >= 0.3 is 0 Å². The van der Waals surface area contributed by atoms with Crippen LogP contribution in [0, 0.1) is 0 Å². The molecule has 4 rings (SSSR count). The van der Waals surface area contributed by atoms with Crippen LogP contribution in [0.4, 0.5) is 5.82 Å². The number of imidazole rings is 1. The maximum absolute atomic E-state index is 6.12. The van der Waals surface area contributed by atoms with Gasteiger partial charge in [0.2, 0.25) is 0 Å². The van der Waals surface area contributed by atoms with Gasteiger partial charge in [-0.05, 0) is 25.2 Å². The van der Waals surface area contributed by atoms with E-state index in [1.807, 2.05) is 48.4 Å². The summed E-state index contributed by atoms with van der Waals surface area (Å²) < 4.78 is 7.17. The lowest BCUT2D eigenvalue weighted by Crippen LogP contribution is -2.14. The van der Waals surface area contributed by atoms with E-state index in [1.165, 1.54) is 0 Å². The molecule has 27 heavy (non-hydrogen) atoms. The first-order valence-corrected chi connectivity index (χ1v) is 8.65. The number of hydrogen-bond acceptors (Lipinski definition) is 6. The first-order chi connectivity index (χ1) is 13.2. The number of anilines is 1. The molecule has 8 nitrogen and oxygen atoms in total. The van der Waals surface area contributed by atoms with Gasteiger partial charge in [0.1, 0.15) is 17.4 Å². The summed E-state index contributed by atoms with van der Waals surface area (Å²) in [5.41, 5.74) is 10.5. The molecule has 0 amide bonds. The minimum absolute atomic E-state index is 0.423. The van der Waals surface area contributed by atoms with E-state index >= 15 is 0 Å². The summed E-state index contributed by atoms with van der Waals surface area (Å²) in [6.45, 7) is 1.66. The molecule has 0 saturated carbocycles. The average Bonchev–Trinajstić information content (AvgIpc) is 3.33. The van der Waals surface area contributed by atoms with Gasteiger partial charge in [-0.25, -0.2) is 9.97 Å². The molecule has 0 aliphatic carbocycles. The highest BCUT2D eigenvalue weighted by Crippen LogP contribution is 2.30. The lowest BCUT2D eigenvalue weighted by molar-refractivity contribution is 0.415. The molecule has 4 aromatic rings. The summed E-state index contributed by atoms with van der Waals surface area (Å²) in [5.74, 6) is 1.87. The highest BCUT2D eigenvalue weighted by molar-refractivity contribution is 5.84. The molecule has 0 radical (unpaired) electrons. The number of pyridine rings is 1. The Labute approximate surface area is 156 Å². The van der Waals surface area contributed by atoms with Crippen LogP contribution in [0.25, 0.3) is 33.5 Å². The van der Waals surface area contributed by atoms with E-state index in [0.717, 1.165) is 46.6 Å². The van der Waals surface area contributed by atoms with Crippen LogP contribution in [0.5, 0.6) is 5.75 Å². The molecule has 8 heteroatoms. The third-order valence-electron chi connectivity index (χ3n) is 4.42. The van der Waals surface area contributed by atoms with Crippen LogP contribution in [0.2, 0.25) is 0 Å². The summed E-state index contributed by atoms with van der Waals surface area (Å²) in [6, 6.07) is 7.68. The number of nitrogen functional groups attached to an aromatic ring is 1. The van der Waals surface area contributed by atoms with E-state index < -0.39 is 0 Å². The minimum atomic E-state index is 0.423. The van der Waals surface area contributed by atoms with Crippen LogP contribution in [-0.2, 0) is 6.54 Å². The van der Waals surface area contributed by atoms with Crippen LogP contribution in [0.3, 0.4) is 0 Å². The number of nitrogens with two attached hydrogens (primary N) is 1. The Balaban J connectivity index is 1.71. The number of ether oxygens (including phenoxy) is 1. The highest BCUT2D eigenvalue weighted by atomic mass is 16.5. The second-order valence-corrected chi connectivity index (χ2v) is 6.22. The number of aromatic amines is 1. The maximum atomic E-state index is 6.12. The Morgan fingerprint density at radius 1 is 1.22 bits per heavy atom. The topological polar surface area (TPSA) is 107 Å². The van der Waals surface area contributed by atoms with Crippen LogP contribution in [-0.4, -0.2) is 45.4 Å². The fourth-order valence-electron chi connectivity index (χ4n) is 2.93. The Bertz CT molecular complexity index is 1080. The molecule has 3 aromatic heterocycles. The number of likely N-dealkylation sites (N-methyl/N-ethyl adjacent to an activating group) is 1. The van der Waals surface area contributed by atoms with Crippen LogP contribution in [0.15, 0.2) is 42.9 Å². The zero-order chi connectivity index (χ0) is 18.8. The normalized spacial score (nSPS) is 11.2. The standard InChI is InChI=1S/C19H21N7O/c1-21-5-6-26-11-13(10-23-26)12-7-15(18(20)22-9-12)19-24-16-4-3-14(27-2)8-17(16)25-19/h3-4,7-11,21H,5-6H2,1-2H3,(H2,20,22)(H,24,25). The van der Waals surface area contributed by atoms with Crippen LogP contribution < -0.4 is 15.8 Å². The molecule has 4 N–H and O–H groups in total. The van der Waals surface area contributed by atoms with E-state index in [1.54, 1.807) is 13.3 Å². The average molecular weight is 363 g/mol. The van der Waals surface area contributed by atoms with Crippen LogP contribution in [0.1, 0.15) is 0 Å². The number of fused-ring (bicyclic) bond motifs is 1. The zero-order valence-electron chi connectivity index (χ0n) is 15.2. The zero-order valence-corrected chi connectivity index (χ0v) is 15.2. The third-order valence-corrected chi connectivity index (χ3v) is 4.42. The molecule has 0 spiro atoms. The number of benzene rings is 1. The van der Waals surface area contributed by atoms with Gasteiger partial charge in [0.05, 0.1) is 36.4 Å². The molecule has 0 unspecified atom stereocenters. The van der Waals surface area contributed by atoms with E-state index in [0.29, 0.717) is 11.6 Å². The molecule has 0 aliphatic rings. The predicted molar refractivity (Wildman–Crippen MR) is 105 cm³/mol. The van der Waals surface area contributed by atoms with Gasteiger partial charge in [-0.3, -0.25) is 4.68 Å². The number of methoxy groups -OCH3 is 1. The number of nitrogens with one attached hydrogen (secondary N) is 2. The largest absolute Gasteiger partial charge is 0.497 e. The smallest absolute Gasteiger partial charge is 0.142 e. The van der Waals surface area contributed by atoms with Crippen molar-refractivity contribution >= 4 is 16.9 Å². The second-order valence-electron chi connectivity index (χ2n) is 6.22. The third kappa shape index (κ3) is 3.34. The molecule has 0 fully saturated rings. The maximum Gasteiger partial charge on any atom is 0.142 e. The summed E-state index contributed by atoms with van der Waals surface area (Å²) in [5, 5.41) is 7.50. The molecule has 3 heterocycles. The Kier molecular flexibility index (Phi) is 4.47. The van der Waals surface area contributed by atoms with Crippen molar-refractivity contribution in [3.05, 3.63) is 42.9 Å². The monoisotopic (exact) mass is 363 g/mol. The van der Waals surface area contributed by atoms with Crippen molar-refractivity contribution in [2.45, 2.75) is 6.54 Å². The van der Waals surface area contributed by atoms with Crippen molar-refractivity contribution in [2.24, 2.45) is 0 Å². The SMILES string of the molecule is CNCCn1cc(-c2cnc(N)c(-c3nc4ccc(OC)cc4[nH]3)c2)cn1. The molecule has 138 valence electrons. The van der Waals surface area contributed by atoms with Gasteiger partial charge in [-0.2, -0.15) is 5.10 Å². The molecular weight excluding hydrogens is 342 g/mol. The Morgan fingerprint density at radius 3 is 2.93 bits per heavy atom. The molecule has 0 atom stereocenters. The minimum Gasteiger partial charge on any atom is -0.497 e. The van der Waals surface area contributed by atoms with Crippen molar-refractivity contribution in [1.29, 1.82) is 0 Å². The number of aromatic nitrogens is 5. The van der Waals surface area contributed by atoms with Crippen molar-refractivity contribution in [3.63, 3.8) is 0 Å². The predicted octanol–water partition coefficient (Wildman–Crippen LogP) is 2.30. The van der Waals surface area contributed by atoms with Gasteiger partial charge in [-0.1, -0.05) is 0 Å². The van der Waals surface area contributed by atoms with Crippen LogP contribution >= 0.6 is 0 Å². The second kappa shape index (κ2) is 7.08. The molecule has 0 bridgehead atoms. The number of rotatable bonds is 6. The van der Waals surface area contributed by atoms with Gasteiger partial charge in [-0.15, -0.1) is 0 Å². The summed E-state index contributed by atoms with van der Waals surface area (Å²) in [7, 11) is 3.56. The fourth-order valence-corrected chi connectivity index (χ4v) is 2.93. The fraction of sp³-hybridized carbons (Fsp3) is 0.211. The van der Waals surface area contributed by atoms with E-state index in [-0.39, 0.29) is 0 Å². The molecular formula is C19H21N7O. The van der Waals surface area contributed by atoms with Crippen molar-refractivity contribution in [2.75, 3.05) is 26.4 Å². The van der Waals surface area contributed by atoms with Gasteiger partial charge < -0.3 is 20.8 Å². The Morgan fingerprint density at radius 2 is 2.11 bits per heavy atom. The number of hydrogen-bond donors (Lipinski definition) is 3. The lowest BCUT2D eigenvalue weighted by atomic mass is 10.1. The van der Waals surface area contributed by atoms with Gasteiger partial charge in [0.25, 0.3) is 0 Å². The van der Waals surface area contributed by atoms with Crippen molar-refractivity contribution in [3.8, 4) is 28.3 Å². The molecule has 1 aromatic carbocycles. The summed E-state index contributed by atoms with van der Waals surface area (Å²) >= 11 is 0. The van der Waals surface area contributed by atoms with Crippen molar-refractivity contribution in [1.82, 2.24) is 30.0 Å². The molecule has 0 aliphatic heterocycles. The van der Waals surface area contributed by atoms with E-state index in [2.05, 4.69) is 25.4 Å².